The SMILES string of the molecule is Nc1cccc(SCC(=O)Nc2ccc3c(c2)OCO3)c1. The lowest BCUT2D eigenvalue weighted by molar-refractivity contribution is -0.113. The fourth-order valence-electron chi connectivity index (χ4n) is 1.92. The molecular formula is C15H14N2O3S. The third-order valence-corrected chi connectivity index (χ3v) is 3.88. The lowest BCUT2D eigenvalue weighted by Gasteiger charge is -2.06. The lowest BCUT2D eigenvalue weighted by atomic mass is 10.3. The second-order valence-electron chi connectivity index (χ2n) is 4.48. The van der Waals surface area contributed by atoms with Gasteiger partial charge in [0.1, 0.15) is 0 Å². The number of hydrogen-bond donors (Lipinski definition) is 2. The number of benzene rings is 2. The molecule has 2 aromatic rings. The van der Waals surface area contributed by atoms with Gasteiger partial charge in [0.2, 0.25) is 12.7 Å². The van der Waals surface area contributed by atoms with E-state index in [1.165, 1.54) is 11.8 Å². The maximum Gasteiger partial charge on any atom is 0.234 e. The van der Waals surface area contributed by atoms with E-state index in [1.807, 2.05) is 24.3 Å². The van der Waals surface area contributed by atoms with Crippen molar-refractivity contribution >= 4 is 29.0 Å². The van der Waals surface area contributed by atoms with Gasteiger partial charge in [-0.05, 0) is 30.3 Å². The van der Waals surface area contributed by atoms with Crippen molar-refractivity contribution in [3.05, 3.63) is 42.5 Å². The number of carbonyl (C=O) groups is 1. The fraction of sp³-hybridized carbons (Fsp3) is 0.133. The number of anilines is 2. The summed E-state index contributed by atoms with van der Waals surface area (Å²) in [6, 6.07) is 12.8. The van der Waals surface area contributed by atoms with Crippen LogP contribution < -0.4 is 20.5 Å². The Balaban J connectivity index is 1.57. The van der Waals surface area contributed by atoms with Crippen LogP contribution in [0.2, 0.25) is 0 Å². The van der Waals surface area contributed by atoms with Crippen LogP contribution in [-0.2, 0) is 4.79 Å². The van der Waals surface area contributed by atoms with Crippen molar-refractivity contribution in [2.45, 2.75) is 4.90 Å². The van der Waals surface area contributed by atoms with Crippen LogP contribution in [0.3, 0.4) is 0 Å². The quantitative estimate of drug-likeness (QED) is 0.671. The molecule has 6 heteroatoms. The number of nitrogens with one attached hydrogen (secondary N) is 1. The second-order valence-corrected chi connectivity index (χ2v) is 5.53. The van der Waals surface area contributed by atoms with Crippen LogP contribution in [0.4, 0.5) is 11.4 Å². The molecule has 3 N–H and O–H groups in total. The molecule has 1 heterocycles. The molecule has 108 valence electrons. The Morgan fingerprint density at radius 1 is 1.19 bits per heavy atom. The van der Waals surface area contributed by atoms with E-state index in [-0.39, 0.29) is 12.7 Å². The molecule has 0 aliphatic carbocycles. The molecule has 0 fully saturated rings. The van der Waals surface area contributed by atoms with Crippen LogP contribution in [-0.4, -0.2) is 18.5 Å². The first-order valence-electron chi connectivity index (χ1n) is 6.38. The van der Waals surface area contributed by atoms with Gasteiger partial charge in [-0.2, -0.15) is 0 Å². The summed E-state index contributed by atoms with van der Waals surface area (Å²) in [5.41, 5.74) is 7.08. The van der Waals surface area contributed by atoms with Crippen LogP contribution in [0.1, 0.15) is 0 Å². The molecule has 3 rings (SSSR count). The number of nitrogen functional groups attached to an aromatic ring is 1. The van der Waals surface area contributed by atoms with Crippen LogP contribution >= 0.6 is 11.8 Å². The van der Waals surface area contributed by atoms with Gasteiger partial charge in [-0.15, -0.1) is 11.8 Å². The van der Waals surface area contributed by atoms with E-state index in [9.17, 15) is 4.79 Å². The maximum atomic E-state index is 11.9. The first kappa shape index (κ1) is 13.6. The molecule has 0 saturated carbocycles. The zero-order chi connectivity index (χ0) is 14.7. The molecule has 0 bridgehead atoms. The first-order chi connectivity index (χ1) is 10.2. The Hall–Kier alpha value is -2.34. The molecule has 0 atom stereocenters. The summed E-state index contributed by atoms with van der Waals surface area (Å²) in [4.78, 5) is 12.9. The largest absolute Gasteiger partial charge is 0.454 e. The number of rotatable bonds is 4. The number of thioether (sulfide) groups is 1. The molecule has 0 unspecified atom stereocenters. The van der Waals surface area contributed by atoms with Gasteiger partial charge in [0, 0.05) is 22.3 Å². The van der Waals surface area contributed by atoms with Crippen LogP contribution in [0, 0.1) is 0 Å². The molecule has 0 aromatic heterocycles. The molecule has 0 spiro atoms. The van der Waals surface area contributed by atoms with Crippen molar-refractivity contribution in [1.29, 1.82) is 0 Å². The number of nitrogens with two attached hydrogens (primary N) is 1. The summed E-state index contributed by atoms with van der Waals surface area (Å²) in [7, 11) is 0. The smallest absolute Gasteiger partial charge is 0.234 e. The molecule has 1 aliphatic rings. The second kappa shape index (κ2) is 5.97. The Labute approximate surface area is 126 Å². The minimum atomic E-state index is -0.0821. The normalized spacial score (nSPS) is 12.2. The minimum absolute atomic E-state index is 0.0821. The number of fused-ring (bicyclic) bond motifs is 1. The zero-order valence-electron chi connectivity index (χ0n) is 11.2. The highest BCUT2D eigenvalue weighted by Gasteiger charge is 2.14. The zero-order valence-corrected chi connectivity index (χ0v) is 12.0. The summed E-state index contributed by atoms with van der Waals surface area (Å²) in [5.74, 6) is 1.58. The highest BCUT2D eigenvalue weighted by Crippen LogP contribution is 2.34. The van der Waals surface area contributed by atoms with Gasteiger partial charge >= 0.3 is 0 Å². The predicted molar refractivity (Wildman–Crippen MR) is 82.8 cm³/mol. The number of hydrogen-bond acceptors (Lipinski definition) is 5. The van der Waals surface area contributed by atoms with Crippen LogP contribution in [0.25, 0.3) is 0 Å². The van der Waals surface area contributed by atoms with Gasteiger partial charge < -0.3 is 20.5 Å². The van der Waals surface area contributed by atoms with Crippen molar-refractivity contribution in [2.24, 2.45) is 0 Å². The highest BCUT2D eigenvalue weighted by atomic mass is 32.2. The van der Waals surface area contributed by atoms with Crippen molar-refractivity contribution in [1.82, 2.24) is 0 Å². The Kier molecular flexibility index (Phi) is 3.87. The van der Waals surface area contributed by atoms with E-state index in [0.29, 0.717) is 28.6 Å². The van der Waals surface area contributed by atoms with E-state index in [2.05, 4.69) is 5.32 Å². The summed E-state index contributed by atoms with van der Waals surface area (Å²) < 4.78 is 10.5. The van der Waals surface area contributed by atoms with Gasteiger partial charge in [-0.3, -0.25) is 4.79 Å². The average molecular weight is 302 g/mol. The molecule has 5 nitrogen and oxygen atoms in total. The number of carbonyl (C=O) groups excluding carboxylic acids is 1. The van der Waals surface area contributed by atoms with E-state index >= 15 is 0 Å². The topological polar surface area (TPSA) is 73.6 Å². The minimum Gasteiger partial charge on any atom is -0.454 e. The van der Waals surface area contributed by atoms with E-state index in [4.69, 9.17) is 15.2 Å². The number of amides is 1. The van der Waals surface area contributed by atoms with Crippen molar-refractivity contribution in [3.63, 3.8) is 0 Å². The third-order valence-electron chi connectivity index (χ3n) is 2.88. The Morgan fingerprint density at radius 2 is 2.05 bits per heavy atom. The van der Waals surface area contributed by atoms with Gasteiger partial charge in [0.05, 0.1) is 5.75 Å². The Bertz CT molecular complexity index is 676. The standard InChI is InChI=1S/C15H14N2O3S/c16-10-2-1-3-12(6-10)21-8-15(18)17-11-4-5-13-14(7-11)20-9-19-13/h1-7H,8-9,16H2,(H,17,18). The fourth-order valence-corrected chi connectivity index (χ4v) is 2.69. The van der Waals surface area contributed by atoms with Gasteiger partial charge in [-0.25, -0.2) is 0 Å². The summed E-state index contributed by atoms with van der Waals surface area (Å²) in [6.45, 7) is 0.220. The van der Waals surface area contributed by atoms with Crippen molar-refractivity contribution in [2.75, 3.05) is 23.6 Å². The van der Waals surface area contributed by atoms with E-state index in [0.717, 1.165) is 4.90 Å². The Morgan fingerprint density at radius 3 is 2.90 bits per heavy atom. The molecule has 0 radical (unpaired) electrons. The summed E-state index contributed by atoms with van der Waals surface area (Å²) in [6.07, 6.45) is 0. The first-order valence-corrected chi connectivity index (χ1v) is 7.37. The molecule has 1 aliphatic heterocycles. The van der Waals surface area contributed by atoms with Gasteiger partial charge in [0.15, 0.2) is 11.5 Å². The van der Waals surface area contributed by atoms with E-state index < -0.39 is 0 Å². The van der Waals surface area contributed by atoms with Gasteiger partial charge in [0.25, 0.3) is 0 Å². The molecule has 1 amide bonds. The lowest BCUT2D eigenvalue weighted by Crippen LogP contribution is -2.13. The van der Waals surface area contributed by atoms with Crippen molar-refractivity contribution < 1.29 is 14.3 Å². The van der Waals surface area contributed by atoms with Gasteiger partial charge in [-0.1, -0.05) is 6.07 Å². The van der Waals surface area contributed by atoms with Crippen LogP contribution in [0.5, 0.6) is 11.5 Å². The van der Waals surface area contributed by atoms with Crippen LogP contribution in [0.15, 0.2) is 47.4 Å². The molecule has 21 heavy (non-hydrogen) atoms. The summed E-state index contributed by atoms with van der Waals surface area (Å²) in [5, 5.41) is 2.83. The highest BCUT2D eigenvalue weighted by molar-refractivity contribution is 8.00. The molecule has 2 aromatic carbocycles. The maximum absolute atomic E-state index is 11.9. The third kappa shape index (κ3) is 3.41. The van der Waals surface area contributed by atoms with E-state index in [1.54, 1.807) is 18.2 Å². The number of ether oxygens (including phenoxy) is 2. The summed E-state index contributed by atoms with van der Waals surface area (Å²) >= 11 is 1.44. The predicted octanol–water partition coefficient (Wildman–Crippen LogP) is 2.73. The molecule has 0 saturated heterocycles. The van der Waals surface area contributed by atoms with Crippen molar-refractivity contribution in [3.8, 4) is 11.5 Å². The average Bonchev–Trinajstić information content (AvgIpc) is 2.93. The molecular weight excluding hydrogens is 288 g/mol. The monoisotopic (exact) mass is 302 g/mol.